The van der Waals surface area contributed by atoms with Gasteiger partial charge in [0.15, 0.2) is 0 Å². The zero-order valence-electron chi connectivity index (χ0n) is 7.60. The van der Waals surface area contributed by atoms with Crippen LogP contribution in [0.5, 0.6) is 0 Å². The number of hydrogen-bond donors (Lipinski definition) is 0. The molecule has 0 aromatic carbocycles. The predicted octanol–water partition coefficient (Wildman–Crippen LogP) is 2.50. The molecule has 11 heavy (non-hydrogen) atoms. The van der Waals surface area contributed by atoms with Crippen LogP contribution in [0.4, 0.5) is 0 Å². The first-order valence-electron chi connectivity index (χ1n) is 3.73. The summed E-state index contributed by atoms with van der Waals surface area (Å²) in [7, 11) is 0. The van der Waals surface area contributed by atoms with Crippen LogP contribution in [0.2, 0.25) is 0 Å². The fraction of sp³-hybridized carbons (Fsp3) is 0.667. The van der Waals surface area contributed by atoms with Crippen molar-refractivity contribution < 1.29 is 9.84 Å². The highest BCUT2D eigenvalue weighted by molar-refractivity contribution is 4.92. The van der Waals surface area contributed by atoms with Crippen LogP contribution in [0.15, 0.2) is 17.8 Å². The van der Waals surface area contributed by atoms with E-state index in [9.17, 15) is 5.11 Å². The van der Waals surface area contributed by atoms with E-state index in [0.29, 0.717) is 6.61 Å². The third-order valence-corrected chi connectivity index (χ3v) is 0.898. The Hall–Kier alpha value is -0.880. The Kier molecular flexibility index (Phi) is 3.77. The first-order chi connectivity index (χ1) is 4.95. The van der Waals surface area contributed by atoms with Gasteiger partial charge in [-0.2, -0.15) is 0 Å². The number of allylic oxidation sites excluding steroid dienone is 1. The zero-order chi connectivity index (χ0) is 8.91. The van der Waals surface area contributed by atoms with Gasteiger partial charge < -0.3 is 4.74 Å². The molecule has 0 amide bonds. The fourth-order valence-electron chi connectivity index (χ4n) is 0.448. The molecule has 0 unspecified atom stereocenters. The molecule has 0 spiro atoms. The van der Waals surface area contributed by atoms with Crippen LogP contribution in [0, 0.1) is 5.41 Å². The van der Waals surface area contributed by atoms with Gasteiger partial charge in [0.05, 0.1) is 6.61 Å². The van der Waals surface area contributed by atoms with Gasteiger partial charge in [-0.15, -0.1) is 0 Å². The minimum absolute atomic E-state index is 0.00718. The molecule has 0 saturated carbocycles. The van der Waals surface area contributed by atoms with Gasteiger partial charge in [0.1, 0.15) is 0 Å². The maximum absolute atomic E-state index is 10.7. The van der Waals surface area contributed by atoms with E-state index in [2.05, 4.69) is 10.5 Å². The minimum atomic E-state index is -0.387. The van der Waals surface area contributed by atoms with E-state index in [-0.39, 0.29) is 11.4 Å². The molecule has 0 heterocycles. The highest BCUT2D eigenvalue weighted by Gasteiger charge is 2.03. The summed E-state index contributed by atoms with van der Waals surface area (Å²) in [5, 5.41) is 10.7. The SMILES string of the molecule is CCOC([O])=C=CC(C)(C)C. The van der Waals surface area contributed by atoms with E-state index in [1.165, 1.54) is 0 Å². The van der Waals surface area contributed by atoms with Crippen molar-refractivity contribution in [1.29, 1.82) is 0 Å². The van der Waals surface area contributed by atoms with Crippen LogP contribution in [0.1, 0.15) is 27.7 Å². The summed E-state index contributed by atoms with van der Waals surface area (Å²) >= 11 is 0. The molecule has 0 aliphatic carbocycles. The van der Waals surface area contributed by atoms with Crippen molar-refractivity contribution >= 4 is 0 Å². The Morgan fingerprint density at radius 1 is 1.55 bits per heavy atom. The van der Waals surface area contributed by atoms with Gasteiger partial charge in [-0.25, -0.2) is 5.11 Å². The van der Waals surface area contributed by atoms with E-state index < -0.39 is 0 Å². The zero-order valence-corrected chi connectivity index (χ0v) is 7.60. The van der Waals surface area contributed by atoms with E-state index in [4.69, 9.17) is 0 Å². The van der Waals surface area contributed by atoms with Gasteiger partial charge in [0, 0.05) is 0 Å². The summed E-state index contributed by atoms with van der Waals surface area (Å²) in [5.74, 6) is -0.387. The van der Waals surface area contributed by atoms with Crippen molar-refractivity contribution in [2.45, 2.75) is 27.7 Å². The van der Waals surface area contributed by atoms with Crippen LogP contribution in [0.3, 0.4) is 0 Å². The normalized spacial score (nSPS) is 10.2. The topological polar surface area (TPSA) is 29.1 Å². The largest absolute Gasteiger partial charge is 0.457 e. The lowest BCUT2D eigenvalue weighted by atomic mass is 9.97. The third-order valence-electron chi connectivity index (χ3n) is 0.898. The first-order valence-corrected chi connectivity index (χ1v) is 3.73. The van der Waals surface area contributed by atoms with Crippen molar-refractivity contribution in [3.05, 3.63) is 17.8 Å². The summed E-state index contributed by atoms with van der Waals surface area (Å²) in [6, 6.07) is 0. The van der Waals surface area contributed by atoms with Gasteiger partial charge in [-0.3, -0.25) is 0 Å². The van der Waals surface area contributed by atoms with Crippen LogP contribution in [-0.2, 0) is 9.84 Å². The number of rotatable bonds is 2. The molecule has 0 bridgehead atoms. The predicted molar refractivity (Wildman–Crippen MR) is 43.4 cm³/mol. The van der Waals surface area contributed by atoms with Crippen LogP contribution in [0.25, 0.3) is 0 Å². The third kappa shape index (κ3) is 7.01. The molecule has 0 saturated heterocycles. The number of hydrogen-bond acceptors (Lipinski definition) is 1. The summed E-state index contributed by atoms with van der Waals surface area (Å²) in [5.41, 5.74) is 2.53. The van der Waals surface area contributed by atoms with E-state index in [1.807, 2.05) is 20.8 Å². The maximum Gasteiger partial charge on any atom is 0.376 e. The lowest BCUT2D eigenvalue weighted by molar-refractivity contribution is 0.0610. The van der Waals surface area contributed by atoms with E-state index in [1.54, 1.807) is 13.0 Å². The van der Waals surface area contributed by atoms with Crippen LogP contribution < -0.4 is 0 Å². The molecule has 0 aliphatic rings. The van der Waals surface area contributed by atoms with Crippen molar-refractivity contribution in [2.24, 2.45) is 5.41 Å². The smallest absolute Gasteiger partial charge is 0.376 e. The molecule has 0 aromatic heterocycles. The average molecular weight is 155 g/mol. The Morgan fingerprint density at radius 3 is 2.45 bits per heavy atom. The molecular formula is C9H15O2. The molecule has 0 aliphatic heterocycles. The molecule has 0 N–H and O–H groups in total. The van der Waals surface area contributed by atoms with Gasteiger partial charge >= 0.3 is 5.95 Å². The van der Waals surface area contributed by atoms with Gasteiger partial charge in [0.25, 0.3) is 0 Å². The summed E-state index contributed by atoms with van der Waals surface area (Å²) in [6.45, 7) is 8.18. The molecule has 2 heteroatoms. The van der Waals surface area contributed by atoms with Crippen molar-refractivity contribution in [2.75, 3.05) is 6.61 Å². The summed E-state index contributed by atoms with van der Waals surface area (Å²) < 4.78 is 4.66. The highest BCUT2D eigenvalue weighted by Crippen LogP contribution is 2.13. The second kappa shape index (κ2) is 4.09. The summed E-state index contributed by atoms with van der Waals surface area (Å²) in [4.78, 5) is 0. The molecule has 0 atom stereocenters. The monoisotopic (exact) mass is 155 g/mol. The Morgan fingerprint density at radius 2 is 2.09 bits per heavy atom. The molecule has 0 rings (SSSR count). The molecular weight excluding hydrogens is 140 g/mol. The number of ether oxygens (including phenoxy) is 1. The average Bonchev–Trinajstić information content (AvgIpc) is 1.83. The lowest BCUT2D eigenvalue weighted by Gasteiger charge is -2.08. The molecule has 0 aromatic rings. The first kappa shape index (κ1) is 10.1. The fourth-order valence-corrected chi connectivity index (χ4v) is 0.448. The Balaban J connectivity index is 4.16. The van der Waals surface area contributed by atoms with Gasteiger partial charge in [-0.1, -0.05) is 20.8 Å². The van der Waals surface area contributed by atoms with Gasteiger partial charge in [-0.05, 0) is 24.1 Å². The van der Waals surface area contributed by atoms with Gasteiger partial charge in [0.2, 0.25) is 0 Å². The second-order valence-corrected chi connectivity index (χ2v) is 3.38. The molecule has 2 nitrogen and oxygen atoms in total. The van der Waals surface area contributed by atoms with Crippen molar-refractivity contribution in [3.8, 4) is 0 Å². The minimum Gasteiger partial charge on any atom is -0.457 e. The highest BCUT2D eigenvalue weighted by atomic mass is 16.6. The Labute approximate surface area is 68.2 Å². The van der Waals surface area contributed by atoms with E-state index in [0.717, 1.165) is 0 Å². The molecule has 1 radical (unpaired) electrons. The van der Waals surface area contributed by atoms with Crippen LogP contribution in [-0.4, -0.2) is 6.61 Å². The van der Waals surface area contributed by atoms with Crippen molar-refractivity contribution in [3.63, 3.8) is 0 Å². The molecule has 0 fully saturated rings. The van der Waals surface area contributed by atoms with Crippen molar-refractivity contribution in [1.82, 2.24) is 0 Å². The quantitative estimate of drug-likeness (QED) is 0.445. The maximum atomic E-state index is 10.7. The van der Waals surface area contributed by atoms with E-state index >= 15 is 0 Å². The lowest BCUT2D eigenvalue weighted by Crippen LogP contribution is -1.97. The molecule has 63 valence electrons. The van der Waals surface area contributed by atoms with Crippen LogP contribution >= 0.6 is 0 Å². The Bertz CT molecular complexity index is 168. The second-order valence-electron chi connectivity index (χ2n) is 3.38. The summed E-state index contributed by atoms with van der Waals surface area (Å²) in [6.07, 6.45) is 1.71. The standard InChI is InChI=1S/C9H15O2/c1-5-11-8(10)6-7-9(2,3)4/h7H,5H2,1-4H3.